The number of nitrogen functional groups attached to an aromatic ring is 1. The number of carbonyl (C=O) groups excluding carboxylic acids is 1. The van der Waals surface area contributed by atoms with Crippen LogP contribution in [0.15, 0.2) is 22.7 Å². The maximum Gasteiger partial charge on any atom is 0.324 e. The molecule has 1 aromatic carbocycles. The fourth-order valence-corrected chi connectivity index (χ4v) is 1.51. The van der Waals surface area contributed by atoms with E-state index in [1.54, 1.807) is 5.32 Å². The molecule has 1 rings (SSSR count). The Labute approximate surface area is 108 Å². The molecule has 0 saturated heterocycles. The number of alkyl halides is 4. The first-order chi connectivity index (χ1) is 8.24. The largest absolute Gasteiger partial charge is 0.399 e. The summed E-state index contributed by atoms with van der Waals surface area (Å²) in [6, 6.07) is 4.20. The number of anilines is 1. The van der Waals surface area contributed by atoms with Crippen molar-refractivity contribution in [2.75, 3.05) is 12.3 Å². The quantitative estimate of drug-likeness (QED) is 0.659. The Hall–Kier alpha value is -1.31. The minimum atomic E-state index is -4.26. The number of amides is 1. The van der Waals surface area contributed by atoms with Gasteiger partial charge in [-0.1, -0.05) is 0 Å². The van der Waals surface area contributed by atoms with Crippen LogP contribution in [0.1, 0.15) is 10.4 Å². The molecule has 0 radical (unpaired) electrons. The molecule has 100 valence electrons. The minimum absolute atomic E-state index is 0.0000614. The fraction of sp³-hybridized carbons (Fsp3) is 0.300. The maximum atomic E-state index is 12.6. The summed E-state index contributed by atoms with van der Waals surface area (Å²) < 4.78 is 49.3. The molecule has 0 aliphatic heterocycles. The highest BCUT2D eigenvalue weighted by Crippen LogP contribution is 2.23. The third kappa shape index (κ3) is 3.59. The molecule has 0 aliphatic rings. The van der Waals surface area contributed by atoms with Crippen LogP contribution in [-0.4, -0.2) is 24.8 Å². The molecule has 0 fully saturated rings. The predicted molar refractivity (Wildman–Crippen MR) is 61.8 cm³/mol. The number of carbonyl (C=O) groups is 1. The molecule has 0 heterocycles. The molecule has 0 unspecified atom stereocenters. The van der Waals surface area contributed by atoms with E-state index < -0.39 is 24.8 Å². The molecule has 1 aromatic rings. The molecule has 3 N–H and O–H groups in total. The molecule has 0 aromatic heterocycles. The van der Waals surface area contributed by atoms with Crippen LogP contribution >= 0.6 is 15.9 Å². The number of nitrogens with two attached hydrogens (primary N) is 1. The second kappa shape index (κ2) is 5.55. The zero-order valence-corrected chi connectivity index (χ0v) is 10.5. The normalized spacial score (nSPS) is 11.7. The van der Waals surface area contributed by atoms with Gasteiger partial charge in [0.05, 0.1) is 12.1 Å². The number of hydrogen-bond acceptors (Lipinski definition) is 2. The maximum absolute atomic E-state index is 12.6. The van der Waals surface area contributed by atoms with Gasteiger partial charge in [0.25, 0.3) is 5.91 Å². The SMILES string of the molecule is Nc1ccc(Br)c(C(=O)NCC(F)(F)C(F)F)c1. The van der Waals surface area contributed by atoms with Crippen molar-refractivity contribution in [2.24, 2.45) is 0 Å². The smallest absolute Gasteiger partial charge is 0.324 e. The number of halogens is 5. The van der Waals surface area contributed by atoms with E-state index in [2.05, 4.69) is 15.9 Å². The molecule has 0 spiro atoms. The van der Waals surface area contributed by atoms with Crippen molar-refractivity contribution in [3.8, 4) is 0 Å². The van der Waals surface area contributed by atoms with Crippen LogP contribution in [0.25, 0.3) is 0 Å². The van der Waals surface area contributed by atoms with Crippen molar-refractivity contribution in [1.29, 1.82) is 0 Å². The molecular formula is C10H9BrF4N2O. The van der Waals surface area contributed by atoms with Crippen LogP contribution in [0.3, 0.4) is 0 Å². The summed E-state index contributed by atoms with van der Waals surface area (Å²) in [7, 11) is 0. The van der Waals surface area contributed by atoms with Gasteiger partial charge < -0.3 is 11.1 Å². The molecule has 0 atom stereocenters. The van der Waals surface area contributed by atoms with E-state index in [1.807, 2.05) is 0 Å². The van der Waals surface area contributed by atoms with Gasteiger partial charge in [0.2, 0.25) is 0 Å². The summed E-state index contributed by atoms with van der Waals surface area (Å²) in [6.45, 7) is -1.44. The average Bonchev–Trinajstić information content (AvgIpc) is 2.29. The fourth-order valence-electron chi connectivity index (χ4n) is 1.09. The first-order valence-electron chi connectivity index (χ1n) is 4.73. The number of nitrogens with one attached hydrogen (secondary N) is 1. The van der Waals surface area contributed by atoms with Gasteiger partial charge in [0, 0.05) is 10.2 Å². The van der Waals surface area contributed by atoms with Crippen LogP contribution < -0.4 is 11.1 Å². The van der Waals surface area contributed by atoms with Crippen molar-refractivity contribution in [3.63, 3.8) is 0 Å². The van der Waals surface area contributed by atoms with Crippen LogP contribution in [0, 0.1) is 0 Å². The van der Waals surface area contributed by atoms with Crippen molar-refractivity contribution in [3.05, 3.63) is 28.2 Å². The van der Waals surface area contributed by atoms with Crippen LogP contribution in [0.5, 0.6) is 0 Å². The average molecular weight is 329 g/mol. The predicted octanol–water partition coefficient (Wildman–Crippen LogP) is 2.66. The summed E-state index contributed by atoms with van der Waals surface area (Å²) in [4.78, 5) is 11.5. The van der Waals surface area contributed by atoms with Crippen LogP contribution in [-0.2, 0) is 0 Å². The lowest BCUT2D eigenvalue weighted by atomic mass is 10.2. The van der Waals surface area contributed by atoms with E-state index in [1.165, 1.54) is 18.2 Å². The lowest BCUT2D eigenvalue weighted by Gasteiger charge is -2.16. The van der Waals surface area contributed by atoms with Gasteiger partial charge in [0.15, 0.2) is 0 Å². The Kier molecular flexibility index (Phi) is 4.55. The van der Waals surface area contributed by atoms with Gasteiger partial charge in [-0.2, -0.15) is 8.78 Å². The standard InChI is InChI=1S/C10H9BrF4N2O/c11-7-2-1-5(16)3-6(7)8(18)17-4-10(14,15)9(12)13/h1-3,9H,4,16H2,(H,17,18). The van der Waals surface area contributed by atoms with Crippen molar-refractivity contribution < 1.29 is 22.4 Å². The lowest BCUT2D eigenvalue weighted by Crippen LogP contribution is -2.41. The summed E-state index contributed by atoms with van der Waals surface area (Å²) in [5.74, 6) is -5.17. The van der Waals surface area contributed by atoms with E-state index >= 15 is 0 Å². The lowest BCUT2D eigenvalue weighted by molar-refractivity contribution is -0.123. The third-order valence-corrected chi connectivity index (χ3v) is 2.73. The molecule has 18 heavy (non-hydrogen) atoms. The Morgan fingerprint density at radius 2 is 2.06 bits per heavy atom. The van der Waals surface area contributed by atoms with Crippen molar-refractivity contribution >= 4 is 27.5 Å². The molecule has 0 saturated carbocycles. The molecular weight excluding hydrogens is 320 g/mol. The summed E-state index contributed by atoms with van der Waals surface area (Å²) in [5.41, 5.74) is 5.68. The summed E-state index contributed by atoms with van der Waals surface area (Å²) in [5, 5.41) is 1.73. The Morgan fingerprint density at radius 3 is 2.61 bits per heavy atom. The molecule has 8 heteroatoms. The van der Waals surface area contributed by atoms with E-state index in [0.29, 0.717) is 4.47 Å². The number of hydrogen-bond donors (Lipinski definition) is 2. The zero-order chi connectivity index (χ0) is 13.9. The Balaban J connectivity index is 2.75. The van der Waals surface area contributed by atoms with Gasteiger partial charge in [-0.05, 0) is 34.1 Å². The van der Waals surface area contributed by atoms with E-state index in [0.717, 1.165) is 0 Å². The molecule has 3 nitrogen and oxygen atoms in total. The van der Waals surface area contributed by atoms with Gasteiger partial charge >= 0.3 is 12.3 Å². The third-order valence-electron chi connectivity index (χ3n) is 2.04. The van der Waals surface area contributed by atoms with E-state index in [4.69, 9.17) is 5.73 Å². The summed E-state index contributed by atoms with van der Waals surface area (Å²) in [6.07, 6.45) is -3.83. The summed E-state index contributed by atoms with van der Waals surface area (Å²) >= 11 is 3.03. The van der Waals surface area contributed by atoms with Crippen molar-refractivity contribution in [1.82, 2.24) is 5.32 Å². The topological polar surface area (TPSA) is 55.1 Å². The number of rotatable bonds is 4. The second-order valence-electron chi connectivity index (χ2n) is 3.48. The monoisotopic (exact) mass is 328 g/mol. The highest BCUT2D eigenvalue weighted by atomic mass is 79.9. The second-order valence-corrected chi connectivity index (χ2v) is 4.34. The Morgan fingerprint density at radius 1 is 1.44 bits per heavy atom. The molecule has 1 amide bonds. The van der Waals surface area contributed by atoms with Gasteiger partial charge in [0.1, 0.15) is 0 Å². The van der Waals surface area contributed by atoms with Gasteiger partial charge in [-0.25, -0.2) is 8.78 Å². The highest BCUT2D eigenvalue weighted by Gasteiger charge is 2.40. The van der Waals surface area contributed by atoms with Gasteiger partial charge in [-0.15, -0.1) is 0 Å². The number of benzene rings is 1. The highest BCUT2D eigenvalue weighted by molar-refractivity contribution is 9.10. The van der Waals surface area contributed by atoms with E-state index in [9.17, 15) is 22.4 Å². The minimum Gasteiger partial charge on any atom is -0.399 e. The molecule has 0 aliphatic carbocycles. The molecule has 0 bridgehead atoms. The zero-order valence-electron chi connectivity index (χ0n) is 8.89. The first-order valence-corrected chi connectivity index (χ1v) is 5.52. The van der Waals surface area contributed by atoms with Crippen LogP contribution in [0.2, 0.25) is 0 Å². The van der Waals surface area contributed by atoms with Crippen molar-refractivity contribution in [2.45, 2.75) is 12.3 Å². The van der Waals surface area contributed by atoms with E-state index in [-0.39, 0.29) is 11.3 Å². The van der Waals surface area contributed by atoms with Gasteiger partial charge in [-0.3, -0.25) is 4.79 Å². The van der Waals surface area contributed by atoms with Crippen LogP contribution in [0.4, 0.5) is 23.2 Å². The first kappa shape index (κ1) is 14.7. The Bertz CT molecular complexity index is 454.